The molecule has 3 rings (SSSR count). The molecule has 140 valence electrons. The molecule has 0 aromatic heterocycles. The molecular formula is C16H20N4O6. The number of hydrogen-bond acceptors (Lipinski definition) is 8. The standard InChI is InChI=1S/C16H20N4O6/c1-26-16(21)13-8-12(19(22)23)9-14(20(24)25)15(13)18-7-4-11(10-18)17-5-2-3-6-17/h8-9,11H,2-7,10H2,1H3. The normalized spacial score (nSPS) is 20.3. The highest BCUT2D eigenvalue weighted by molar-refractivity contribution is 5.99. The third-order valence-electron chi connectivity index (χ3n) is 5.02. The van der Waals surface area contributed by atoms with Gasteiger partial charge in [0.1, 0.15) is 5.69 Å². The van der Waals surface area contributed by atoms with Gasteiger partial charge in [-0.1, -0.05) is 0 Å². The lowest BCUT2D eigenvalue weighted by Gasteiger charge is -2.25. The van der Waals surface area contributed by atoms with E-state index < -0.39 is 27.2 Å². The topological polar surface area (TPSA) is 119 Å². The Balaban J connectivity index is 2.02. The largest absolute Gasteiger partial charge is 0.465 e. The third-order valence-corrected chi connectivity index (χ3v) is 5.02. The number of rotatable bonds is 5. The second kappa shape index (κ2) is 7.24. The Morgan fingerprint density at radius 3 is 2.42 bits per heavy atom. The first-order valence-corrected chi connectivity index (χ1v) is 8.46. The maximum absolute atomic E-state index is 12.2. The van der Waals surface area contributed by atoms with Crippen molar-refractivity contribution < 1.29 is 19.4 Å². The van der Waals surface area contributed by atoms with Crippen molar-refractivity contribution in [3.63, 3.8) is 0 Å². The van der Waals surface area contributed by atoms with Crippen LogP contribution in [0.5, 0.6) is 0 Å². The summed E-state index contributed by atoms with van der Waals surface area (Å²) in [6, 6.07) is 2.22. The molecule has 0 saturated carbocycles. The molecule has 2 saturated heterocycles. The van der Waals surface area contributed by atoms with Gasteiger partial charge in [-0.3, -0.25) is 25.1 Å². The second-order valence-corrected chi connectivity index (χ2v) is 6.50. The number of methoxy groups -OCH3 is 1. The molecule has 0 N–H and O–H groups in total. The van der Waals surface area contributed by atoms with Crippen LogP contribution in [0.25, 0.3) is 0 Å². The van der Waals surface area contributed by atoms with Gasteiger partial charge in [0.25, 0.3) is 11.4 Å². The summed E-state index contributed by atoms with van der Waals surface area (Å²) in [4.78, 5) is 37.5. The first-order chi connectivity index (χ1) is 12.4. The molecule has 2 aliphatic heterocycles. The lowest BCUT2D eigenvalue weighted by Crippen LogP contribution is -2.35. The molecule has 26 heavy (non-hydrogen) atoms. The van der Waals surface area contributed by atoms with Crippen LogP contribution in [-0.4, -0.2) is 60.0 Å². The zero-order valence-electron chi connectivity index (χ0n) is 14.4. The van der Waals surface area contributed by atoms with E-state index in [1.54, 1.807) is 4.90 Å². The molecule has 10 nitrogen and oxygen atoms in total. The number of hydrogen-bond donors (Lipinski definition) is 0. The highest BCUT2D eigenvalue weighted by atomic mass is 16.6. The Hall–Kier alpha value is -2.75. The van der Waals surface area contributed by atoms with Gasteiger partial charge in [0.15, 0.2) is 0 Å². The highest BCUT2D eigenvalue weighted by Crippen LogP contribution is 2.39. The van der Waals surface area contributed by atoms with Crippen LogP contribution in [0.1, 0.15) is 29.6 Å². The summed E-state index contributed by atoms with van der Waals surface area (Å²) >= 11 is 0. The third kappa shape index (κ3) is 3.32. The number of anilines is 1. The summed E-state index contributed by atoms with van der Waals surface area (Å²) in [6.07, 6.45) is 3.11. The van der Waals surface area contributed by atoms with E-state index in [-0.39, 0.29) is 17.3 Å². The fourth-order valence-electron chi connectivity index (χ4n) is 3.80. The van der Waals surface area contributed by atoms with Crippen LogP contribution in [0, 0.1) is 20.2 Å². The highest BCUT2D eigenvalue weighted by Gasteiger charge is 2.36. The van der Waals surface area contributed by atoms with Gasteiger partial charge in [-0.15, -0.1) is 0 Å². The number of nitrogens with zero attached hydrogens (tertiary/aromatic N) is 4. The lowest BCUT2D eigenvalue weighted by atomic mass is 10.1. The molecule has 1 atom stereocenters. The second-order valence-electron chi connectivity index (χ2n) is 6.50. The van der Waals surface area contributed by atoms with Gasteiger partial charge < -0.3 is 9.64 Å². The average Bonchev–Trinajstić information content (AvgIpc) is 3.30. The first-order valence-electron chi connectivity index (χ1n) is 8.46. The molecule has 10 heteroatoms. The Labute approximate surface area is 149 Å². The zero-order valence-corrected chi connectivity index (χ0v) is 14.4. The molecule has 2 aliphatic rings. The van der Waals surface area contributed by atoms with Crippen molar-refractivity contribution in [3.8, 4) is 0 Å². The van der Waals surface area contributed by atoms with Crippen molar-refractivity contribution in [3.05, 3.63) is 37.9 Å². The maximum atomic E-state index is 12.2. The average molecular weight is 364 g/mol. The minimum absolute atomic E-state index is 0.106. The summed E-state index contributed by atoms with van der Waals surface area (Å²) in [5.41, 5.74) is -0.984. The number of nitro benzene ring substituents is 2. The summed E-state index contributed by atoms with van der Waals surface area (Å²) < 4.78 is 4.71. The van der Waals surface area contributed by atoms with Crippen LogP contribution in [0.2, 0.25) is 0 Å². The van der Waals surface area contributed by atoms with E-state index in [0.29, 0.717) is 13.1 Å². The lowest BCUT2D eigenvalue weighted by molar-refractivity contribution is -0.393. The first kappa shape index (κ1) is 18.1. The van der Waals surface area contributed by atoms with Gasteiger partial charge in [0, 0.05) is 25.2 Å². The summed E-state index contributed by atoms with van der Waals surface area (Å²) in [5.74, 6) is -0.823. The Bertz CT molecular complexity index is 747. The molecule has 1 aromatic rings. The van der Waals surface area contributed by atoms with E-state index in [2.05, 4.69) is 4.90 Å². The number of carbonyl (C=O) groups is 1. The zero-order chi connectivity index (χ0) is 18.8. The summed E-state index contributed by atoms with van der Waals surface area (Å²) in [6.45, 7) is 3.10. The van der Waals surface area contributed by atoms with Crippen LogP contribution in [0.3, 0.4) is 0 Å². The monoisotopic (exact) mass is 364 g/mol. The van der Waals surface area contributed by atoms with Crippen LogP contribution < -0.4 is 4.90 Å². The van der Waals surface area contributed by atoms with Crippen molar-refractivity contribution in [1.82, 2.24) is 4.90 Å². The maximum Gasteiger partial charge on any atom is 0.340 e. The predicted octanol–water partition coefficient (Wildman–Crippen LogP) is 1.96. The molecular weight excluding hydrogens is 344 g/mol. The number of ether oxygens (including phenoxy) is 1. The van der Waals surface area contributed by atoms with Gasteiger partial charge >= 0.3 is 5.97 Å². The molecule has 2 fully saturated rings. The Morgan fingerprint density at radius 2 is 1.85 bits per heavy atom. The fourth-order valence-corrected chi connectivity index (χ4v) is 3.80. The molecule has 0 aliphatic carbocycles. The van der Waals surface area contributed by atoms with Gasteiger partial charge in [0.2, 0.25) is 0 Å². The SMILES string of the molecule is COC(=O)c1cc([N+](=O)[O-])cc([N+](=O)[O-])c1N1CCC(N2CCCC2)C1. The van der Waals surface area contributed by atoms with Crippen molar-refractivity contribution in [2.24, 2.45) is 0 Å². The van der Waals surface area contributed by atoms with Crippen LogP contribution in [0.15, 0.2) is 12.1 Å². The van der Waals surface area contributed by atoms with Gasteiger partial charge in [-0.2, -0.15) is 0 Å². The predicted molar refractivity (Wildman–Crippen MR) is 92.5 cm³/mol. The number of esters is 1. The molecule has 1 aromatic carbocycles. The van der Waals surface area contributed by atoms with E-state index in [4.69, 9.17) is 4.74 Å². The summed E-state index contributed by atoms with van der Waals surface area (Å²) in [7, 11) is 1.15. The van der Waals surface area contributed by atoms with Gasteiger partial charge in [-0.05, 0) is 32.4 Å². The smallest absolute Gasteiger partial charge is 0.340 e. The fraction of sp³-hybridized carbons (Fsp3) is 0.562. The minimum atomic E-state index is -0.823. The van der Waals surface area contributed by atoms with E-state index in [0.717, 1.165) is 51.6 Å². The number of non-ortho nitro benzene ring substituents is 1. The van der Waals surface area contributed by atoms with Crippen LogP contribution in [0.4, 0.5) is 17.1 Å². The molecule has 0 bridgehead atoms. The van der Waals surface area contributed by atoms with E-state index in [1.807, 2.05) is 0 Å². The van der Waals surface area contributed by atoms with E-state index >= 15 is 0 Å². The molecule has 0 amide bonds. The minimum Gasteiger partial charge on any atom is -0.465 e. The number of likely N-dealkylation sites (tertiary alicyclic amines) is 1. The summed E-state index contributed by atoms with van der Waals surface area (Å²) in [5, 5.41) is 22.7. The van der Waals surface area contributed by atoms with Crippen molar-refractivity contribution >= 4 is 23.0 Å². The van der Waals surface area contributed by atoms with Crippen molar-refractivity contribution in [1.29, 1.82) is 0 Å². The van der Waals surface area contributed by atoms with E-state index in [9.17, 15) is 25.0 Å². The van der Waals surface area contributed by atoms with Gasteiger partial charge in [0.05, 0.1) is 28.6 Å². The molecule has 0 spiro atoms. The van der Waals surface area contributed by atoms with Crippen LogP contribution >= 0.6 is 0 Å². The van der Waals surface area contributed by atoms with Crippen molar-refractivity contribution in [2.75, 3.05) is 38.2 Å². The number of benzene rings is 1. The number of nitro groups is 2. The molecule has 2 heterocycles. The van der Waals surface area contributed by atoms with Gasteiger partial charge in [-0.25, -0.2) is 4.79 Å². The Morgan fingerprint density at radius 1 is 1.15 bits per heavy atom. The quantitative estimate of drug-likeness (QED) is 0.442. The molecule has 0 radical (unpaired) electrons. The van der Waals surface area contributed by atoms with Crippen molar-refractivity contribution in [2.45, 2.75) is 25.3 Å². The Kier molecular flexibility index (Phi) is 5.03. The molecule has 1 unspecified atom stereocenters. The number of carbonyl (C=O) groups excluding carboxylic acids is 1. The van der Waals surface area contributed by atoms with E-state index in [1.165, 1.54) is 0 Å². The van der Waals surface area contributed by atoms with Crippen LogP contribution in [-0.2, 0) is 4.74 Å².